The summed E-state index contributed by atoms with van der Waals surface area (Å²) in [4.78, 5) is 12.4. The highest BCUT2D eigenvalue weighted by molar-refractivity contribution is 7.89. The predicted molar refractivity (Wildman–Crippen MR) is 92.8 cm³/mol. The monoisotopic (exact) mass is 366 g/mol. The number of amides is 1. The molecule has 0 bridgehead atoms. The minimum absolute atomic E-state index is 0.0719. The Labute approximate surface area is 146 Å². The highest BCUT2D eigenvalue weighted by Gasteiger charge is 2.15. The second-order valence-corrected chi connectivity index (χ2v) is 6.82. The Balaban J connectivity index is 2.19. The second kappa shape index (κ2) is 8.09. The van der Waals surface area contributed by atoms with Crippen molar-refractivity contribution in [1.82, 2.24) is 4.72 Å². The van der Waals surface area contributed by atoms with Crippen LogP contribution in [0.5, 0.6) is 5.75 Å². The van der Waals surface area contributed by atoms with Crippen LogP contribution in [0.25, 0.3) is 0 Å². The van der Waals surface area contributed by atoms with Gasteiger partial charge in [-0.3, -0.25) is 4.79 Å². The standard InChI is InChI=1S/C17H19FN2O4S/c1-3-19-25(22,23)14-8-5-12(6-9-14)17(21)20-15-10-7-13(18)11-16(15)24-4-2/h5-11,19H,3-4H2,1-2H3,(H,20,21). The Bertz CT molecular complexity index is 851. The lowest BCUT2D eigenvalue weighted by Gasteiger charge is -2.12. The molecule has 0 aliphatic heterocycles. The number of ether oxygens (including phenoxy) is 1. The molecule has 2 N–H and O–H groups in total. The number of rotatable bonds is 7. The number of anilines is 1. The first-order chi connectivity index (χ1) is 11.9. The SMILES string of the molecule is CCNS(=O)(=O)c1ccc(C(=O)Nc2ccc(F)cc2OCC)cc1. The van der Waals surface area contributed by atoms with Crippen molar-refractivity contribution < 1.29 is 22.3 Å². The van der Waals surface area contributed by atoms with Gasteiger partial charge >= 0.3 is 0 Å². The number of carbonyl (C=O) groups is 1. The molecule has 1 amide bonds. The molecular formula is C17H19FN2O4S. The average Bonchev–Trinajstić information content (AvgIpc) is 2.57. The van der Waals surface area contributed by atoms with Crippen LogP contribution in [-0.4, -0.2) is 27.5 Å². The lowest BCUT2D eigenvalue weighted by molar-refractivity contribution is 0.102. The summed E-state index contributed by atoms with van der Waals surface area (Å²) in [6.07, 6.45) is 0. The molecule has 0 aliphatic rings. The van der Waals surface area contributed by atoms with E-state index in [9.17, 15) is 17.6 Å². The summed E-state index contributed by atoms with van der Waals surface area (Å²) in [5.74, 6) is -0.707. The van der Waals surface area contributed by atoms with E-state index >= 15 is 0 Å². The molecule has 25 heavy (non-hydrogen) atoms. The van der Waals surface area contributed by atoms with Crippen molar-refractivity contribution in [2.45, 2.75) is 18.7 Å². The van der Waals surface area contributed by atoms with Crippen LogP contribution in [0.4, 0.5) is 10.1 Å². The molecule has 0 heterocycles. The summed E-state index contributed by atoms with van der Waals surface area (Å²) in [6.45, 7) is 4.02. The molecule has 0 aromatic heterocycles. The van der Waals surface area contributed by atoms with Crippen molar-refractivity contribution in [2.75, 3.05) is 18.5 Å². The highest BCUT2D eigenvalue weighted by atomic mass is 32.2. The van der Waals surface area contributed by atoms with Crippen molar-refractivity contribution in [3.05, 3.63) is 53.8 Å². The van der Waals surface area contributed by atoms with Crippen LogP contribution in [0.2, 0.25) is 0 Å². The second-order valence-electron chi connectivity index (χ2n) is 5.05. The topological polar surface area (TPSA) is 84.5 Å². The minimum Gasteiger partial charge on any atom is -0.492 e. The summed E-state index contributed by atoms with van der Waals surface area (Å²) >= 11 is 0. The molecule has 0 saturated carbocycles. The van der Waals surface area contributed by atoms with Gasteiger partial charge in [0.15, 0.2) is 0 Å². The summed E-state index contributed by atoms with van der Waals surface area (Å²) in [5, 5.41) is 2.63. The van der Waals surface area contributed by atoms with Gasteiger partial charge in [-0.25, -0.2) is 17.5 Å². The maximum absolute atomic E-state index is 13.3. The van der Waals surface area contributed by atoms with Crippen molar-refractivity contribution in [1.29, 1.82) is 0 Å². The van der Waals surface area contributed by atoms with E-state index in [4.69, 9.17) is 4.74 Å². The van der Waals surface area contributed by atoms with E-state index in [2.05, 4.69) is 10.0 Å². The summed E-state index contributed by atoms with van der Waals surface area (Å²) < 4.78 is 44.7. The highest BCUT2D eigenvalue weighted by Crippen LogP contribution is 2.26. The van der Waals surface area contributed by atoms with E-state index in [1.165, 1.54) is 42.5 Å². The molecule has 0 atom stereocenters. The van der Waals surface area contributed by atoms with Crippen molar-refractivity contribution in [3.8, 4) is 5.75 Å². The van der Waals surface area contributed by atoms with Gasteiger partial charge in [0.2, 0.25) is 10.0 Å². The Hall–Kier alpha value is -2.45. The van der Waals surface area contributed by atoms with E-state index in [0.29, 0.717) is 12.3 Å². The van der Waals surface area contributed by atoms with Crippen LogP contribution in [0, 0.1) is 5.82 Å². The Morgan fingerprint density at radius 1 is 1.12 bits per heavy atom. The minimum atomic E-state index is -3.57. The lowest BCUT2D eigenvalue weighted by atomic mass is 10.2. The normalized spacial score (nSPS) is 11.2. The molecule has 2 aromatic carbocycles. The van der Waals surface area contributed by atoms with Gasteiger partial charge in [0.1, 0.15) is 11.6 Å². The maximum Gasteiger partial charge on any atom is 0.255 e. The number of sulfonamides is 1. The first-order valence-corrected chi connectivity index (χ1v) is 9.19. The molecule has 0 spiro atoms. The average molecular weight is 366 g/mol. The summed E-state index contributed by atoms with van der Waals surface area (Å²) in [5.41, 5.74) is 0.597. The Morgan fingerprint density at radius 2 is 1.80 bits per heavy atom. The number of halogens is 1. The zero-order valence-corrected chi connectivity index (χ0v) is 14.7. The van der Waals surface area contributed by atoms with E-state index in [-0.39, 0.29) is 22.8 Å². The molecule has 2 rings (SSSR count). The van der Waals surface area contributed by atoms with Crippen LogP contribution in [0.3, 0.4) is 0 Å². The molecule has 2 aromatic rings. The number of hydrogen-bond acceptors (Lipinski definition) is 4. The third-order valence-corrected chi connectivity index (χ3v) is 4.81. The van der Waals surface area contributed by atoms with Crippen LogP contribution < -0.4 is 14.8 Å². The van der Waals surface area contributed by atoms with E-state index in [1.54, 1.807) is 13.8 Å². The molecule has 0 saturated heterocycles. The van der Waals surface area contributed by atoms with Crippen LogP contribution in [0.1, 0.15) is 24.2 Å². The van der Waals surface area contributed by atoms with Gasteiger partial charge in [0.25, 0.3) is 5.91 Å². The molecule has 0 fully saturated rings. The van der Waals surface area contributed by atoms with E-state index < -0.39 is 21.7 Å². The number of benzene rings is 2. The smallest absolute Gasteiger partial charge is 0.255 e. The molecule has 8 heteroatoms. The van der Waals surface area contributed by atoms with Gasteiger partial charge in [-0.2, -0.15) is 0 Å². The fourth-order valence-corrected chi connectivity index (χ4v) is 3.17. The first kappa shape index (κ1) is 18.9. The van der Waals surface area contributed by atoms with Gasteiger partial charge in [-0.1, -0.05) is 6.92 Å². The fourth-order valence-electron chi connectivity index (χ4n) is 2.13. The van der Waals surface area contributed by atoms with Gasteiger partial charge in [-0.15, -0.1) is 0 Å². The Morgan fingerprint density at radius 3 is 2.40 bits per heavy atom. The van der Waals surface area contributed by atoms with Gasteiger partial charge in [0, 0.05) is 18.2 Å². The van der Waals surface area contributed by atoms with Crippen molar-refractivity contribution >= 4 is 21.6 Å². The summed E-state index contributed by atoms with van der Waals surface area (Å²) in [7, 11) is -3.57. The molecular weight excluding hydrogens is 347 g/mol. The third-order valence-electron chi connectivity index (χ3n) is 3.25. The molecule has 0 unspecified atom stereocenters. The van der Waals surface area contributed by atoms with Crippen LogP contribution in [0.15, 0.2) is 47.4 Å². The quantitative estimate of drug-likeness (QED) is 0.789. The lowest BCUT2D eigenvalue weighted by Crippen LogP contribution is -2.23. The van der Waals surface area contributed by atoms with Crippen LogP contribution in [-0.2, 0) is 10.0 Å². The van der Waals surface area contributed by atoms with Gasteiger partial charge in [0.05, 0.1) is 17.2 Å². The van der Waals surface area contributed by atoms with Crippen LogP contribution >= 0.6 is 0 Å². The zero-order valence-electron chi connectivity index (χ0n) is 13.9. The number of nitrogens with one attached hydrogen (secondary N) is 2. The first-order valence-electron chi connectivity index (χ1n) is 7.70. The van der Waals surface area contributed by atoms with Gasteiger partial charge in [-0.05, 0) is 43.3 Å². The predicted octanol–water partition coefficient (Wildman–Crippen LogP) is 2.77. The number of hydrogen-bond donors (Lipinski definition) is 2. The maximum atomic E-state index is 13.3. The fraction of sp³-hybridized carbons (Fsp3) is 0.235. The summed E-state index contributed by atoms with van der Waals surface area (Å²) in [6, 6.07) is 9.31. The number of carbonyl (C=O) groups excluding carboxylic acids is 1. The molecule has 0 radical (unpaired) electrons. The zero-order chi connectivity index (χ0) is 18.4. The molecule has 6 nitrogen and oxygen atoms in total. The third kappa shape index (κ3) is 4.77. The van der Waals surface area contributed by atoms with E-state index in [0.717, 1.165) is 0 Å². The largest absolute Gasteiger partial charge is 0.492 e. The Kier molecular flexibility index (Phi) is 6.11. The molecule has 134 valence electrons. The molecule has 0 aliphatic carbocycles. The van der Waals surface area contributed by atoms with Crippen molar-refractivity contribution in [3.63, 3.8) is 0 Å². The van der Waals surface area contributed by atoms with Crippen molar-refractivity contribution in [2.24, 2.45) is 0 Å². The van der Waals surface area contributed by atoms with Gasteiger partial charge < -0.3 is 10.1 Å². The van der Waals surface area contributed by atoms with E-state index in [1.807, 2.05) is 0 Å².